The van der Waals surface area contributed by atoms with Crippen molar-refractivity contribution in [3.05, 3.63) is 124 Å². The van der Waals surface area contributed by atoms with Gasteiger partial charge in [-0.3, -0.25) is 0 Å². The van der Waals surface area contributed by atoms with Crippen molar-refractivity contribution in [2.75, 3.05) is 7.11 Å². The molecule has 35 heavy (non-hydrogen) atoms. The smallest absolute Gasteiger partial charge is 0.134 e. The molecule has 0 aliphatic carbocycles. The van der Waals surface area contributed by atoms with Gasteiger partial charge < -0.3 is 4.74 Å². The molecule has 2 heteroatoms. The highest BCUT2D eigenvalue weighted by atomic mass is 32.2. The Kier molecular flexibility index (Phi) is 5.67. The molecule has 5 aromatic carbocycles. The summed E-state index contributed by atoms with van der Waals surface area (Å²) in [5, 5.41) is 4.27. The monoisotopic (exact) mass is 466 g/mol. The Bertz CT molecular complexity index is 1600. The normalized spacial score (nSPS) is 12.4. The molecule has 6 bridgehead atoms. The van der Waals surface area contributed by atoms with Crippen LogP contribution in [0.5, 0.6) is 5.75 Å². The van der Waals surface area contributed by atoms with E-state index in [2.05, 4.69) is 115 Å². The van der Waals surface area contributed by atoms with Crippen LogP contribution in [-0.4, -0.2) is 7.11 Å². The summed E-state index contributed by atoms with van der Waals surface area (Å²) >= 11 is 1.91. The Morgan fingerprint density at radius 2 is 1.09 bits per heavy atom. The van der Waals surface area contributed by atoms with Crippen molar-refractivity contribution in [2.24, 2.45) is 0 Å². The predicted molar refractivity (Wildman–Crippen MR) is 148 cm³/mol. The lowest BCUT2D eigenvalue weighted by Crippen LogP contribution is -1.92. The van der Waals surface area contributed by atoms with Gasteiger partial charge in [0.2, 0.25) is 0 Å². The highest BCUT2D eigenvalue weighted by Crippen LogP contribution is 2.37. The second-order valence-corrected chi connectivity index (χ2v) is 9.59. The number of hydrogen-bond donors (Lipinski definition) is 0. The standard InChI is InChI=1S/C33H22OS/c1-34-33-29-12-4-10-27-16-14-23-6-2-8-25(18-23)21-35-22-26-9-3-7-24(19-26)15-17-28-11-5-13-30(33)32(28)20-31(27)29/h2-13,18-20H,21-22H2,1H3. The number of hydrogen-bond acceptors (Lipinski definition) is 2. The third-order valence-corrected chi connectivity index (χ3v) is 7.34. The average molecular weight is 467 g/mol. The fraction of sp³-hybridized carbons (Fsp3) is 0.0909. The third-order valence-electron chi connectivity index (χ3n) is 6.27. The fourth-order valence-electron chi connectivity index (χ4n) is 4.61. The summed E-state index contributed by atoms with van der Waals surface area (Å²) in [6, 6.07) is 31.8. The van der Waals surface area contributed by atoms with Crippen molar-refractivity contribution >= 4 is 33.3 Å². The molecule has 0 unspecified atom stereocenters. The Labute approximate surface area is 210 Å². The minimum Gasteiger partial charge on any atom is -0.495 e. The molecule has 1 heterocycles. The van der Waals surface area contributed by atoms with E-state index in [1.54, 1.807) is 7.11 Å². The molecule has 1 aliphatic rings. The minimum absolute atomic E-state index is 0.861. The highest BCUT2D eigenvalue weighted by molar-refractivity contribution is 7.97. The molecule has 0 spiro atoms. The highest BCUT2D eigenvalue weighted by Gasteiger charge is 2.12. The molecule has 0 fully saturated rings. The van der Waals surface area contributed by atoms with Gasteiger partial charge in [0.05, 0.1) is 7.11 Å². The molecule has 0 saturated carbocycles. The first-order chi connectivity index (χ1) is 17.3. The van der Waals surface area contributed by atoms with Crippen molar-refractivity contribution in [1.29, 1.82) is 0 Å². The van der Waals surface area contributed by atoms with Crippen molar-refractivity contribution in [3.63, 3.8) is 0 Å². The molecule has 0 N–H and O–H groups in total. The maximum absolute atomic E-state index is 5.93. The van der Waals surface area contributed by atoms with Crippen molar-refractivity contribution in [1.82, 2.24) is 0 Å². The van der Waals surface area contributed by atoms with E-state index in [0.717, 1.165) is 61.1 Å². The second-order valence-electron chi connectivity index (χ2n) is 8.60. The largest absolute Gasteiger partial charge is 0.495 e. The first-order valence-electron chi connectivity index (χ1n) is 11.6. The molecule has 166 valence electrons. The topological polar surface area (TPSA) is 9.23 Å². The first-order valence-corrected chi connectivity index (χ1v) is 12.8. The third kappa shape index (κ3) is 4.26. The van der Waals surface area contributed by atoms with Gasteiger partial charge in [0, 0.05) is 55.3 Å². The fourth-order valence-corrected chi connectivity index (χ4v) is 5.54. The molecular formula is C33H22OS. The average Bonchev–Trinajstić information content (AvgIpc) is 2.89. The SMILES string of the molecule is COc1c2cccc3c2cc2c(cccc12)C#Cc1cccc(c1)CSCc1cccc(c1)C#C3. The first kappa shape index (κ1) is 21.4. The zero-order valence-electron chi connectivity index (χ0n) is 19.4. The van der Waals surface area contributed by atoms with Crippen molar-refractivity contribution in [2.45, 2.75) is 11.5 Å². The molecule has 0 saturated heterocycles. The van der Waals surface area contributed by atoms with Crippen LogP contribution < -0.4 is 4.74 Å². The number of benzene rings is 5. The summed E-state index contributed by atoms with van der Waals surface area (Å²) in [5.41, 5.74) is 6.60. The summed E-state index contributed by atoms with van der Waals surface area (Å²) < 4.78 is 5.93. The Hall–Kier alpha value is -4.11. The Morgan fingerprint density at radius 3 is 1.60 bits per heavy atom. The summed E-state index contributed by atoms with van der Waals surface area (Å²) in [5.74, 6) is 16.4. The summed E-state index contributed by atoms with van der Waals surface area (Å²) in [4.78, 5) is 0. The lowest BCUT2D eigenvalue weighted by molar-refractivity contribution is 0.424. The van der Waals surface area contributed by atoms with E-state index in [9.17, 15) is 0 Å². The van der Waals surface area contributed by atoms with Crippen LogP contribution in [0.1, 0.15) is 33.4 Å². The molecular weight excluding hydrogens is 444 g/mol. The lowest BCUT2D eigenvalue weighted by Gasteiger charge is -2.12. The Balaban J connectivity index is 1.65. The number of ether oxygens (including phenoxy) is 1. The van der Waals surface area contributed by atoms with Gasteiger partial charge in [-0.25, -0.2) is 0 Å². The zero-order chi connectivity index (χ0) is 23.6. The molecule has 1 nitrogen and oxygen atoms in total. The minimum atomic E-state index is 0.861. The van der Waals surface area contributed by atoms with Crippen LogP contribution in [0, 0.1) is 23.7 Å². The van der Waals surface area contributed by atoms with Crippen LogP contribution >= 0.6 is 11.8 Å². The quantitative estimate of drug-likeness (QED) is 0.186. The van der Waals surface area contributed by atoms with Crippen LogP contribution in [-0.2, 0) is 11.5 Å². The number of methoxy groups -OCH3 is 1. The van der Waals surface area contributed by atoms with Gasteiger partial charge in [0.1, 0.15) is 5.75 Å². The van der Waals surface area contributed by atoms with Gasteiger partial charge in [-0.2, -0.15) is 11.8 Å². The molecule has 1 aliphatic heterocycles. The maximum Gasteiger partial charge on any atom is 0.134 e. The Morgan fingerprint density at radius 1 is 0.571 bits per heavy atom. The van der Waals surface area contributed by atoms with Crippen molar-refractivity contribution < 1.29 is 4.74 Å². The van der Waals surface area contributed by atoms with E-state index >= 15 is 0 Å². The molecule has 0 amide bonds. The van der Waals surface area contributed by atoms with Gasteiger partial charge in [0.15, 0.2) is 0 Å². The van der Waals surface area contributed by atoms with Crippen LogP contribution in [0.3, 0.4) is 0 Å². The molecule has 0 atom stereocenters. The van der Waals surface area contributed by atoms with E-state index < -0.39 is 0 Å². The van der Waals surface area contributed by atoms with E-state index in [0.29, 0.717) is 0 Å². The van der Waals surface area contributed by atoms with E-state index in [-0.39, 0.29) is 0 Å². The molecule has 6 rings (SSSR count). The number of fused-ring (bicyclic) bond motifs is 4. The summed E-state index contributed by atoms with van der Waals surface area (Å²) in [6.07, 6.45) is 0. The van der Waals surface area contributed by atoms with Gasteiger partial charge in [-0.15, -0.1) is 0 Å². The maximum atomic E-state index is 5.93. The van der Waals surface area contributed by atoms with E-state index in [4.69, 9.17) is 4.74 Å². The van der Waals surface area contributed by atoms with Crippen LogP contribution in [0.15, 0.2) is 91.0 Å². The second kappa shape index (κ2) is 9.27. The molecule has 0 aromatic heterocycles. The van der Waals surface area contributed by atoms with E-state index in [1.807, 2.05) is 11.8 Å². The van der Waals surface area contributed by atoms with Gasteiger partial charge in [-0.05, 0) is 53.6 Å². The lowest BCUT2D eigenvalue weighted by atomic mass is 9.95. The molecule has 0 radical (unpaired) electrons. The summed E-state index contributed by atoms with van der Waals surface area (Å²) in [7, 11) is 1.73. The number of thioether (sulfide) groups is 1. The van der Waals surface area contributed by atoms with Crippen LogP contribution in [0.25, 0.3) is 21.5 Å². The molecule has 5 aromatic rings. The predicted octanol–water partition coefficient (Wildman–Crippen LogP) is 7.55. The zero-order valence-corrected chi connectivity index (χ0v) is 20.2. The number of rotatable bonds is 1. The van der Waals surface area contributed by atoms with Gasteiger partial charge >= 0.3 is 0 Å². The van der Waals surface area contributed by atoms with Crippen LogP contribution in [0.2, 0.25) is 0 Å². The summed E-state index contributed by atoms with van der Waals surface area (Å²) in [6.45, 7) is 0. The van der Waals surface area contributed by atoms with Gasteiger partial charge in [0.25, 0.3) is 0 Å². The van der Waals surface area contributed by atoms with Crippen molar-refractivity contribution in [3.8, 4) is 29.4 Å². The van der Waals surface area contributed by atoms with E-state index in [1.165, 1.54) is 11.1 Å². The van der Waals surface area contributed by atoms with Gasteiger partial charge in [-0.1, -0.05) is 72.2 Å². The van der Waals surface area contributed by atoms with Crippen LogP contribution in [0.4, 0.5) is 0 Å².